The maximum atomic E-state index is 12.8. The summed E-state index contributed by atoms with van der Waals surface area (Å²) in [4.78, 5) is 18.6. The van der Waals surface area contributed by atoms with E-state index >= 15 is 0 Å². The van der Waals surface area contributed by atoms with Gasteiger partial charge in [0.15, 0.2) is 0 Å². The van der Waals surface area contributed by atoms with Gasteiger partial charge in [0.1, 0.15) is 0 Å². The van der Waals surface area contributed by atoms with E-state index in [0.29, 0.717) is 12.1 Å². The molecule has 1 amide bonds. The van der Waals surface area contributed by atoms with E-state index < -0.39 is 0 Å². The molecule has 0 radical (unpaired) electrons. The number of pyridine rings is 1. The van der Waals surface area contributed by atoms with Gasteiger partial charge in [0, 0.05) is 31.5 Å². The first-order chi connectivity index (χ1) is 9.77. The Morgan fingerprint density at radius 3 is 2.90 bits per heavy atom. The molecule has 0 aromatic carbocycles. The van der Waals surface area contributed by atoms with Gasteiger partial charge in [0.2, 0.25) is 0 Å². The van der Waals surface area contributed by atoms with Crippen LogP contribution in [0.15, 0.2) is 18.5 Å². The van der Waals surface area contributed by atoms with Crippen LogP contribution in [0.2, 0.25) is 0 Å². The van der Waals surface area contributed by atoms with Crippen LogP contribution in [0.3, 0.4) is 0 Å². The Bertz CT molecular complexity index is 444. The number of hydrogen-bond donors (Lipinski definition) is 2. The van der Waals surface area contributed by atoms with E-state index in [1.54, 1.807) is 12.4 Å². The minimum absolute atomic E-state index is 0.000951. The molecule has 2 N–H and O–H groups in total. The number of amides is 1. The van der Waals surface area contributed by atoms with Crippen LogP contribution in [0.4, 0.5) is 5.69 Å². The number of carbonyl (C=O) groups is 1. The highest BCUT2D eigenvalue weighted by atomic mass is 16.3. The van der Waals surface area contributed by atoms with Crippen molar-refractivity contribution in [3.05, 3.63) is 24.0 Å². The maximum absolute atomic E-state index is 12.8. The number of nitrogens with one attached hydrogen (secondary N) is 1. The van der Waals surface area contributed by atoms with E-state index in [1.165, 1.54) is 0 Å². The van der Waals surface area contributed by atoms with E-state index in [9.17, 15) is 9.90 Å². The maximum Gasteiger partial charge on any atom is 0.257 e. The Kier molecular flexibility index (Phi) is 5.35. The van der Waals surface area contributed by atoms with Gasteiger partial charge in [-0.15, -0.1) is 0 Å². The van der Waals surface area contributed by atoms with Crippen molar-refractivity contribution in [2.24, 2.45) is 0 Å². The van der Waals surface area contributed by atoms with E-state index in [2.05, 4.69) is 10.3 Å². The Hall–Kier alpha value is -1.62. The number of aliphatic hydroxyl groups is 1. The first kappa shape index (κ1) is 14.8. The molecule has 1 saturated carbocycles. The first-order valence-electron chi connectivity index (χ1n) is 7.37. The zero-order valence-corrected chi connectivity index (χ0v) is 12.0. The molecular formula is C15H23N3O2. The quantitative estimate of drug-likeness (QED) is 0.833. The highest BCUT2D eigenvalue weighted by molar-refractivity contribution is 5.99. The van der Waals surface area contributed by atoms with Gasteiger partial charge < -0.3 is 15.3 Å². The molecular weight excluding hydrogens is 254 g/mol. The first-order valence-corrected chi connectivity index (χ1v) is 7.37. The van der Waals surface area contributed by atoms with E-state index in [0.717, 1.165) is 37.9 Å². The Morgan fingerprint density at radius 1 is 1.50 bits per heavy atom. The molecule has 5 nitrogen and oxygen atoms in total. The average Bonchev–Trinajstić information content (AvgIpc) is 2.99. The lowest BCUT2D eigenvalue weighted by Gasteiger charge is -2.29. The summed E-state index contributed by atoms with van der Waals surface area (Å²) < 4.78 is 0. The lowest BCUT2D eigenvalue weighted by molar-refractivity contribution is 0.0638. The standard InChI is InChI=1S/C15H23N3O2/c1-2-17-14-7-8-16-11-13(14)15(20)18(9-10-19)12-5-3-4-6-12/h7-8,11-12,19H,2-6,9-10H2,1H3,(H,16,17). The summed E-state index contributed by atoms with van der Waals surface area (Å²) in [7, 11) is 0. The summed E-state index contributed by atoms with van der Waals surface area (Å²) in [6.45, 7) is 3.15. The van der Waals surface area contributed by atoms with Gasteiger partial charge in [-0.1, -0.05) is 12.8 Å². The SMILES string of the molecule is CCNc1ccncc1C(=O)N(CCO)C1CCCC1. The predicted molar refractivity (Wildman–Crippen MR) is 78.8 cm³/mol. The van der Waals surface area contributed by atoms with Gasteiger partial charge in [-0.05, 0) is 25.8 Å². The lowest BCUT2D eigenvalue weighted by Crippen LogP contribution is -2.41. The fourth-order valence-electron chi connectivity index (χ4n) is 2.84. The third kappa shape index (κ3) is 3.28. The van der Waals surface area contributed by atoms with E-state index in [-0.39, 0.29) is 18.6 Å². The molecule has 2 rings (SSSR count). The predicted octanol–water partition coefficient (Wildman–Crippen LogP) is 1.89. The highest BCUT2D eigenvalue weighted by Crippen LogP contribution is 2.26. The smallest absolute Gasteiger partial charge is 0.257 e. The summed E-state index contributed by atoms with van der Waals surface area (Å²) in [5.41, 5.74) is 1.41. The molecule has 5 heteroatoms. The van der Waals surface area contributed by atoms with Gasteiger partial charge in [0.05, 0.1) is 17.9 Å². The van der Waals surface area contributed by atoms with Gasteiger partial charge in [0.25, 0.3) is 5.91 Å². The van der Waals surface area contributed by atoms with Crippen molar-refractivity contribution < 1.29 is 9.90 Å². The molecule has 0 bridgehead atoms. The van der Waals surface area contributed by atoms with Crippen molar-refractivity contribution in [3.63, 3.8) is 0 Å². The van der Waals surface area contributed by atoms with Crippen LogP contribution >= 0.6 is 0 Å². The van der Waals surface area contributed by atoms with Crippen LogP contribution in [0, 0.1) is 0 Å². The van der Waals surface area contributed by atoms with Crippen molar-refractivity contribution in [2.75, 3.05) is 25.0 Å². The summed E-state index contributed by atoms with van der Waals surface area (Å²) in [6, 6.07) is 2.08. The molecule has 1 aliphatic carbocycles. The van der Waals surface area contributed by atoms with Gasteiger partial charge >= 0.3 is 0 Å². The van der Waals surface area contributed by atoms with Crippen LogP contribution in [-0.2, 0) is 0 Å². The third-order valence-corrected chi connectivity index (χ3v) is 3.79. The normalized spacial score (nSPS) is 15.3. The van der Waals surface area contributed by atoms with Crippen molar-refractivity contribution in [1.29, 1.82) is 0 Å². The number of rotatable bonds is 6. The number of nitrogens with zero attached hydrogens (tertiary/aromatic N) is 2. The molecule has 1 heterocycles. The molecule has 110 valence electrons. The van der Waals surface area contributed by atoms with E-state index in [1.807, 2.05) is 17.9 Å². The largest absolute Gasteiger partial charge is 0.395 e. The topological polar surface area (TPSA) is 65.5 Å². The summed E-state index contributed by atoms with van der Waals surface area (Å²) in [5.74, 6) is -0.0324. The lowest BCUT2D eigenvalue weighted by atomic mass is 10.1. The molecule has 0 unspecified atom stereocenters. The molecule has 20 heavy (non-hydrogen) atoms. The van der Waals surface area contributed by atoms with Crippen molar-refractivity contribution in [3.8, 4) is 0 Å². The van der Waals surface area contributed by atoms with Gasteiger partial charge in [-0.3, -0.25) is 9.78 Å². The molecule has 0 aliphatic heterocycles. The molecule has 1 aliphatic rings. The zero-order chi connectivity index (χ0) is 14.4. The zero-order valence-electron chi connectivity index (χ0n) is 12.0. The number of hydrogen-bond acceptors (Lipinski definition) is 4. The summed E-state index contributed by atoms with van der Waals surface area (Å²) in [5, 5.41) is 12.4. The Labute approximate surface area is 120 Å². The fourth-order valence-corrected chi connectivity index (χ4v) is 2.84. The highest BCUT2D eigenvalue weighted by Gasteiger charge is 2.28. The minimum Gasteiger partial charge on any atom is -0.395 e. The number of anilines is 1. The van der Waals surface area contributed by atoms with Crippen LogP contribution < -0.4 is 5.32 Å². The molecule has 1 aromatic heterocycles. The second kappa shape index (κ2) is 7.24. The number of carbonyl (C=O) groups excluding carboxylic acids is 1. The average molecular weight is 277 g/mol. The number of aliphatic hydroxyl groups excluding tert-OH is 1. The van der Waals surface area contributed by atoms with Crippen molar-refractivity contribution >= 4 is 11.6 Å². The van der Waals surface area contributed by atoms with Gasteiger partial charge in [-0.2, -0.15) is 0 Å². The second-order valence-corrected chi connectivity index (χ2v) is 5.11. The summed E-state index contributed by atoms with van der Waals surface area (Å²) in [6.07, 6.45) is 7.67. The molecule has 1 aromatic rings. The number of aromatic nitrogens is 1. The van der Waals surface area contributed by atoms with Crippen LogP contribution in [-0.4, -0.2) is 46.6 Å². The van der Waals surface area contributed by atoms with Crippen LogP contribution in [0.1, 0.15) is 43.0 Å². The van der Waals surface area contributed by atoms with Gasteiger partial charge in [-0.25, -0.2) is 0 Å². The Morgan fingerprint density at radius 2 is 2.25 bits per heavy atom. The molecule has 0 atom stereocenters. The van der Waals surface area contributed by atoms with E-state index in [4.69, 9.17) is 0 Å². The monoisotopic (exact) mass is 277 g/mol. The molecule has 0 saturated heterocycles. The van der Waals surface area contributed by atoms with Crippen LogP contribution in [0.5, 0.6) is 0 Å². The molecule has 1 fully saturated rings. The van der Waals surface area contributed by atoms with Crippen LogP contribution in [0.25, 0.3) is 0 Å². The Balaban J connectivity index is 2.22. The summed E-state index contributed by atoms with van der Waals surface area (Å²) >= 11 is 0. The fraction of sp³-hybridized carbons (Fsp3) is 0.600. The minimum atomic E-state index is -0.0324. The van der Waals surface area contributed by atoms with Crippen molar-refractivity contribution in [2.45, 2.75) is 38.6 Å². The second-order valence-electron chi connectivity index (χ2n) is 5.11. The third-order valence-electron chi connectivity index (χ3n) is 3.79. The molecule has 0 spiro atoms. The van der Waals surface area contributed by atoms with Crippen molar-refractivity contribution in [1.82, 2.24) is 9.88 Å².